The van der Waals surface area contributed by atoms with Crippen molar-refractivity contribution in [3.8, 4) is 0 Å². The average Bonchev–Trinajstić information content (AvgIpc) is 2.91. The lowest BCUT2D eigenvalue weighted by molar-refractivity contribution is 0.342. The lowest BCUT2D eigenvalue weighted by Gasteiger charge is -2.34. The van der Waals surface area contributed by atoms with Crippen molar-refractivity contribution >= 4 is 22.3 Å². The SMILES string of the molecule is Nc1cnc2ccccc2c1N1CCC2CCCCC21. The Morgan fingerprint density at radius 3 is 2.90 bits per heavy atom. The van der Waals surface area contributed by atoms with Crippen LogP contribution in [0, 0.1) is 5.92 Å². The first-order valence-electron chi connectivity index (χ1n) is 7.74. The second-order valence-corrected chi connectivity index (χ2v) is 6.17. The van der Waals surface area contributed by atoms with Gasteiger partial charge in [-0.15, -0.1) is 0 Å². The third-order valence-corrected chi connectivity index (χ3v) is 5.07. The Kier molecular flexibility index (Phi) is 2.79. The number of hydrogen-bond acceptors (Lipinski definition) is 3. The van der Waals surface area contributed by atoms with Crippen molar-refractivity contribution in [3.05, 3.63) is 30.5 Å². The maximum Gasteiger partial charge on any atom is 0.0745 e. The molecule has 0 spiro atoms. The van der Waals surface area contributed by atoms with Crippen molar-refractivity contribution in [1.29, 1.82) is 0 Å². The van der Waals surface area contributed by atoms with Gasteiger partial charge in [0.2, 0.25) is 0 Å². The van der Waals surface area contributed by atoms with Gasteiger partial charge in [0.1, 0.15) is 0 Å². The van der Waals surface area contributed by atoms with Crippen LogP contribution in [0.1, 0.15) is 32.1 Å². The standard InChI is InChI=1S/C17H21N3/c18-14-11-19-15-7-3-2-6-13(15)17(14)20-10-9-12-5-1-4-8-16(12)20/h2-3,6-7,11-12,16H,1,4-5,8-10,18H2. The monoisotopic (exact) mass is 267 g/mol. The van der Waals surface area contributed by atoms with Crippen LogP contribution in [-0.4, -0.2) is 17.6 Å². The third-order valence-electron chi connectivity index (χ3n) is 5.07. The van der Waals surface area contributed by atoms with E-state index >= 15 is 0 Å². The summed E-state index contributed by atoms with van der Waals surface area (Å²) in [5.41, 5.74) is 9.39. The van der Waals surface area contributed by atoms with Gasteiger partial charge in [-0.25, -0.2) is 0 Å². The number of nitrogens with zero attached hydrogens (tertiary/aromatic N) is 2. The molecule has 4 rings (SSSR count). The topological polar surface area (TPSA) is 42.1 Å². The highest BCUT2D eigenvalue weighted by molar-refractivity contribution is 5.97. The van der Waals surface area contributed by atoms with E-state index in [-0.39, 0.29) is 0 Å². The second kappa shape index (κ2) is 4.65. The van der Waals surface area contributed by atoms with Crippen LogP contribution in [0.2, 0.25) is 0 Å². The van der Waals surface area contributed by atoms with E-state index in [1.54, 1.807) is 0 Å². The number of pyridine rings is 1. The van der Waals surface area contributed by atoms with E-state index < -0.39 is 0 Å². The normalized spacial score (nSPS) is 25.9. The van der Waals surface area contributed by atoms with Gasteiger partial charge in [0.25, 0.3) is 0 Å². The van der Waals surface area contributed by atoms with Gasteiger partial charge in [0.15, 0.2) is 0 Å². The predicted molar refractivity (Wildman–Crippen MR) is 83.9 cm³/mol. The van der Waals surface area contributed by atoms with E-state index in [2.05, 4.69) is 28.1 Å². The summed E-state index contributed by atoms with van der Waals surface area (Å²) in [6, 6.07) is 9.05. The molecule has 2 heterocycles. The van der Waals surface area contributed by atoms with Crippen LogP contribution in [0.4, 0.5) is 11.4 Å². The Morgan fingerprint density at radius 1 is 1.10 bits per heavy atom. The van der Waals surface area contributed by atoms with Crippen LogP contribution in [-0.2, 0) is 0 Å². The van der Waals surface area contributed by atoms with Crippen molar-refractivity contribution in [2.24, 2.45) is 5.92 Å². The predicted octanol–water partition coefficient (Wildman–Crippen LogP) is 3.59. The number of aromatic nitrogens is 1. The molecule has 2 atom stereocenters. The molecule has 2 aliphatic rings. The molecule has 0 amide bonds. The average molecular weight is 267 g/mol. The largest absolute Gasteiger partial charge is 0.396 e. The fourth-order valence-corrected chi connectivity index (χ4v) is 4.15. The first kappa shape index (κ1) is 12.0. The summed E-state index contributed by atoms with van der Waals surface area (Å²) in [4.78, 5) is 7.04. The zero-order valence-corrected chi connectivity index (χ0v) is 11.8. The molecular weight excluding hydrogens is 246 g/mol. The summed E-state index contributed by atoms with van der Waals surface area (Å²) in [6.07, 6.45) is 8.63. The number of fused-ring (bicyclic) bond motifs is 2. The van der Waals surface area contributed by atoms with Crippen molar-refractivity contribution < 1.29 is 0 Å². The summed E-state index contributed by atoms with van der Waals surface area (Å²) < 4.78 is 0. The fourth-order valence-electron chi connectivity index (χ4n) is 4.15. The van der Waals surface area contributed by atoms with Gasteiger partial charge in [0.05, 0.1) is 23.1 Å². The molecule has 1 aliphatic carbocycles. The van der Waals surface area contributed by atoms with E-state index in [9.17, 15) is 0 Å². The molecule has 2 N–H and O–H groups in total. The first-order valence-corrected chi connectivity index (χ1v) is 7.74. The number of nitrogen functional groups attached to an aromatic ring is 1. The Balaban J connectivity index is 1.83. The number of hydrogen-bond donors (Lipinski definition) is 1. The minimum Gasteiger partial charge on any atom is -0.396 e. The van der Waals surface area contributed by atoms with Crippen molar-refractivity contribution in [3.63, 3.8) is 0 Å². The number of para-hydroxylation sites is 1. The van der Waals surface area contributed by atoms with E-state index in [0.717, 1.165) is 23.7 Å². The molecule has 3 heteroatoms. The molecule has 2 unspecified atom stereocenters. The molecule has 20 heavy (non-hydrogen) atoms. The van der Waals surface area contributed by atoms with Gasteiger partial charge in [-0.3, -0.25) is 4.98 Å². The summed E-state index contributed by atoms with van der Waals surface area (Å²) in [5.74, 6) is 0.870. The molecule has 2 fully saturated rings. The maximum absolute atomic E-state index is 6.28. The van der Waals surface area contributed by atoms with Gasteiger partial charge in [-0.1, -0.05) is 31.0 Å². The quantitative estimate of drug-likeness (QED) is 0.858. The lowest BCUT2D eigenvalue weighted by Crippen LogP contribution is -2.35. The number of rotatable bonds is 1. The van der Waals surface area contributed by atoms with Crippen LogP contribution in [0.15, 0.2) is 30.5 Å². The minimum atomic E-state index is 0.692. The van der Waals surface area contributed by atoms with Gasteiger partial charge in [-0.05, 0) is 31.2 Å². The van der Waals surface area contributed by atoms with Gasteiger partial charge in [0, 0.05) is 18.0 Å². The molecule has 104 valence electrons. The van der Waals surface area contributed by atoms with Crippen LogP contribution in [0.3, 0.4) is 0 Å². The second-order valence-electron chi connectivity index (χ2n) is 6.17. The van der Waals surface area contributed by atoms with Crippen molar-refractivity contribution in [2.75, 3.05) is 17.2 Å². The van der Waals surface area contributed by atoms with Crippen molar-refractivity contribution in [1.82, 2.24) is 4.98 Å². The van der Waals surface area contributed by atoms with Crippen molar-refractivity contribution in [2.45, 2.75) is 38.1 Å². The van der Waals surface area contributed by atoms with Crippen LogP contribution >= 0.6 is 0 Å². The van der Waals surface area contributed by atoms with Crippen LogP contribution in [0.25, 0.3) is 10.9 Å². The van der Waals surface area contributed by atoms with Gasteiger partial charge >= 0.3 is 0 Å². The van der Waals surface area contributed by atoms with Gasteiger partial charge < -0.3 is 10.6 Å². The maximum atomic E-state index is 6.28. The number of benzene rings is 1. The van der Waals surface area contributed by atoms with E-state index in [4.69, 9.17) is 5.73 Å². The Morgan fingerprint density at radius 2 is 1.95 bits per heavy atom. The van der Waals surface area contributed by atoms with E-state index in [1.165, 1.54) is 43.2 Å². The summed E-state index contributed by atoms with van der Waals surface area (Å²) in [5, 5.41) is 1.21. The molecule has 0 bridgehead atoms. The highest BCUT2D eigenvalue weighted by Gasteiger charge is 2.36. The minimum absolute atomic E-state index is 0.692. The molecule has 1 aromatic carbocycles. The van der Waals surface area contributed by atoms with E-state index in [0.29, 0.717) is 6.04 Å². The Hall–Kier alpha value is -1.77. The number of anilines is 2. The zero-order chi connectivity index (χ0) is 13.5. The Bertz CT molecular complexity index is 637. The third kappa shape index (κ3) is 1.76. The highest BCUT2D eigenvalue weighted by Crippen LogP contribution is 2.42. The summed E-state index contributed by atoms with van der Waals surface area (Å²) in [7, 11) is 0. The van der Waals surface area contributed by atoms with Crippen LogP contribution in [0.5, 0.6) is 0 Å². The Labute approximate surface area is 119 Å². The molecule has 1 saturated carbocycles. The van der Waals surface area contributed by atoms with Crippen LogP contribution < -0.4 is 10.6 Å². The molecule has 0 radical (unpaired) electrons. The lowest BCUT2D eigenvalue weighted by atomic mass is 9.85. The molecule has 1 saturated heterocycles. The molecule has 3 nitrogen and oxygen atoms in total. The molecular formula is C17H21N3. The smallest absolute Gasteiger partial charge is 0.0745 e. The fraction of sp³-hybridized carbons (Fsp3) is 0.471. The van der Waals surface area contributed by atoms with E-state index in [1.807, 2.05) is 12.3 Å². The molecule has 1 aliphatic heterocycles. The molecule has 1 aromatic heterocycles. The zero-order valence-electron chi connectivity index (χ0n) is 11.8. The summed E-state index contributed by atoms with van der Waals surface area (Å²) in [6.45, 7) is 1.15. The number of nitrogens with two attached hydrogens (primary N) is 1. The first-order chi connectivity index (χ1) is 9.84. The van der Waals surface area contributed by atoms with Gasteiger partial charge in [-0.2, -0.15) is 0 Å². The molecule has 2 aromatic rings. The summed E-state index contributed by atoms with van der Waals surface area (Å²) >= 11 is 0. The highest BCUT2D eigenvalue weighted by atomic mass is 15.2.